The Morgan fingerprint density at radius 1 is 1.05 bits per heavy atom. The van der Waals surface area contributed by atoms with Gasteiger partial charge >= 0.3 is 0 Å². The van der Waals surface area contributed by atoms with Crippen molar-refractivity contribution in [2.75, 3.05) is 27.8 Å². The minimum atomic E-state index is 0.213. The van der Waals surface area contributed by atoms with Crippen LogP contribution in [0, 0.1) is 7.05 Å². The van der Waals surface area contributed by atoms with E-state index < -0.39 is 0 Å². The van der Waals surface area contributed by atoms with Crippen LogP contribution in [0.1, 0.15) is 22.7 Å². The van der Waals surface area contributed by atoms with Crippen LogP contribution in [0.2, 0.25) is 0 Å². The fourth-order valence-corrected chi connectivity index (χ4v) is 3.42. The molecule has 116 valence electrons. The van der Waals surface area contributed by atoms with E-state index in [1.165, 1.54) is 16.7 Å². The molecule has 3 rings (SSSR count). The number of rotatable bonds is 3. The Balaban J connectivity index is 2.18. The van der Waals surface area contributed by atoms with E-state index in [1.807, 2.05) is 0 Å². The second-order valence-corrected chi connectivity index (χ2v) is 6.17. The topological polar surface area (TPSA) is 18.5 Å². The molecule has 0 amide bonds. The van der Waals surface area contributed by atoms with Gasteiger partial charge in [0.2, 0.25) is 0 Å². The van der Waals surface area contributed by atoms with Crippen LogP contribution in [0.15, 0.2) is 42.5 Å². The molecule has 1 heterocycles. The largest absolute Gasteiger partial charge is 0.493 e. The summed E-state index contributed by atoms with van der Waals surface area (Å²) in [6.45, 7) is 1.00. The molecule has 0 spiro atoms. The Morgan fingerprint density at radius 3 is 2.32 bits per heavy atom. The van der Waals surface area contributed by atoms with Crippen LogP contribution in [-0.2, 0) is 6.42 Å². The van der Waals surface area contributed by atoms with Crippen LogP contribution in [0.25, 0.3) is 0 Å². The molecule has 3 nitrogen and oxygen atoms in total. The lowest BCUT2D eigenvalue weighted by molar-refractivity contribution is -0.893. The molecule has 0 aliphatic carbocycles. The fraction of sp³-hybridized carbons (Fsp3) is 0.316. The van der Waals surface area contributed by atoms with Gasteiger partial charge in [-0.05, 0) is 17.7 Å². The number of fused-ring (bicyclic) bond motifs is 1. The molecule has 2 aromatic carbocycles. The Morgan fingerprint density at radius 2 is 1.68 bits per heavy atom. The minimum absolute atomic E-state index is 0.213. The van der Waals surface area contributed by atoms with E-state index in [1.54, 1.807) is 14.2 Å². The zero-order valence-corrected chi connectivity index (χ0v) is 13.5. The zero-order valence-electron chi connectivity index (χ0n) is 13.5. The molecule has 0 saturated heterocycles. The summed E-state index contributed by atoms with van der Waals surface area (Å²) in [7, 11) is 10.0. The van der Waals surface area contributed by atoms with Crippen molar-refractivity contribution < 1.29 is 14.0 Å². The van der Waals surface area contributed by atoms with Crippen molar-refractivity contribution in [2.24, 2.45) is 0 Å². The van der Waals surface area contributed by atoms with E-state index in [0.29, 0.717) is 4.48 Å². The number of hydrogen-bond donors (Lipinski definition) is 0. The molecule has 0 saturated carbocycles. The minimum Gasteiger partial charge on any atom is -0.493 e. The summed E-state index contributed by atoms with van der Waals surface area (Å²) >= 11 is 0. The van der Waals surface area contributed by atoms with Gasteiger partial charge in [-0.15, -0.1) is 7.05 Å². The molecule has 0 unspecified atom stereocenters. The molecule has 0 aromatic heterocycles. The lowest BCUT2D eigenvalue weighted by Gasteiger charge is -2.49. The molecular weight excluding hydrogens is 274 g/mol. The summed E-state index contributed by atoms with van der Waals surface area (Å²) in [5, 5.41) is 0. The normalized spacial score (nSPS) is 23.7. The lowest BCUT2D eigenvalue weighted by Crippen LogP contribution is -2.46. The Bertz CT molecular complexity index is 665. The van der Waals surface area contributed by atoms with Gasteiger partial charge < -0.3 is 14.0 Å². The molecule has 1 aliphatic heterocycles. The van der Waals surface area contributed by atoms with E-state index >= 15 is 0 Å². The van der Waals surface area contributed by atoms with Gasteiger partial charge in [0.05, 0.1) is 20.8 Å². The number of nitrogens with zero attached hydrogens (tertiary/aromatic N) is 1. The number of likely N-dealkylation sites (N-methyl/N-ethyl adjacent to an activating group) is 1. The van der Waals surface area contributed by atoms with Crippen molar-refractivity contribution in [3.63, 3.8) is 0 Å². The summed E-state index contributed by atoms with van der Waals surface area (Å²) < 4.78 is 11.7. The third kappa shape index (κ3) is 2.46. The average molecular weight is 297 g/mol. The van der Waals surface area contributed by atoms with Crippen LogP contribution in [0.4, 0.5) is 0 Å². The van der Waals surface area contributed by atoms with E-state index in [9.17, 15) is 0 Å². The van der Waals surface area contributed by atoms with Crippen LogP contribution in [0.3, 0.4) is 0 Å². The molecule has 1 aliphatic rings. The van der Waals surface area contributed by atoms with Gasteiger partial charge in [-0.25, -0.2) is 0 Å². The summed E-state index contributed by atoms with van der Waals surface area (Å²) in [5.41, 5.74) is 3.89. The van der Waals surface area contributed by atoms with Gasteiger partial charge in [0, 0.05) is 24.6 Å². The molecular formula is C19H23NO2. The maximum Gasteiger partial charge on any atom is 0.161 e. The summed E-state index contributed by atoms with van der Waals surface area (Å²) in [6.07, 6.45) is 0.999. The Labute approximate surface area is 132 Å². The number of ether oxygens (including phenoxy) is 2. The van der Waals surface area contributed by atoms with Gasteiger partial charge in [0.1, 0.15) is 6.04 Å². The molecule has 0 radical (unpaired) electrons. The number of benzene rings is 2. The highest BCUT2D eigenvalue weighted by Crippen LogP contribution is 2.43. The molecule has 22 heavy (non-hydrogen) atoms. The second kappa shape index (κ2) is 5.65. The smallest absolute Gasteiger partial charge is 0.161 e. The highest BCUT2D eigenvalue weighted by Gasteiger charge is 2.34. The van der Waals surface area contributed by atoms with Gasteiger partial charge in [0.15, 0.2) is 11.5 Å². The van der Waals surface area contributed by atoms with Crippen molar-refractivity contribution >= 4 is 0 Å². The summed E-state index contributed by atoms with van der Waals surface area (Å²) in [6, 6.07) is 15.0. The second-order valence-electron chi connectivity index (χ2n) is 6.17. The maximum absolute atomic E-state index is 5.50. The summed E-state index contributed by atoms with van der Waals surface area (Å²) in [4.78, 5) is 0. The lowest BCUT2D eigenvalue weighted by atomic mass is 9.86. The first-order valence-corrected chi connectivity index (χ1v) is 7.56. The predicted octanol–water partition coefficient (Wildman–Crippen LogP) is 3.59. The van der Waals surface area contributed by atoms with Crippen molar-refractivity contribution in [3.8, 4) is 11.5 Å². The predicted molar refractivity (Wildman–Crippen MR) is 87.9 cm³/mol. The van der Waals surface area contributed by atoms with Crippen LogP contribution in [-0.4, -0.2) is 32.3 Å². The van der Waals surface area contributed by atoms with Crippen molar-refractivity contribution in [1.29, 1.82) is 0 Å². The van der Waals surface area contributed by atoms with Gasteiger partial charge in [-0.2, -0.15) is 0 Å². The monoisotopic (exact) mass is 297 g/mol. The van der Waals surface area contributed by atoms with E-state index in [-0.39, 0.29) is 6.04 Å². The third-order valence-corrected chi connectivity index (χ3v) is 4.57. The SMILES string of the molecule is [CH2-][N@@+]1(C)CCc2cc(OC)c(OC)cc2[C@@H]1c1ccccc1. The number of quaternary nitrogens is 1. The van der Waals surface area contributed by atoms with Crippen molar-refractivity contribution in [1.82, 2.24) is 0 Å². The van der Waals surface area contributed by atoms with Crippen molar-refractivity contribution in [2.45, 2.75) is 12.5 Å². The quantitative estimate of drug-likeness (QED) is 0.637. The summed E-state index contributed by atoms with van der Waals surface area (Å²) in [5.74, 6) is 1.58. The number of methoxy groups -OCH3 is 2. The van der Waals surface area contributed by atoms with E-state index in [2.05, 4.69) is 56.6 Å². The van der Waals surface area contributed by atoms with Gasteiger partial charge in [0.25, 0.3) is 0 Å². The van der Waals surface area contributed by atoms with Crippen LogP contribution in [0.5, 0.6) is 11.5 Å². The van der Waals surface area contributed by atoms with Gasteiger partial charge in [-0.3, -0.25) is 0 Å². The molecule has 3 heteroatoms. The first-order chi connectivity index (χ1) is 10.6. The molecule has 0 bridgehead atoms. The molecule has 0 fully saturated rings. The van der Waals surface area contributed by atoms with E-state index in [0.717, 1.165) is 24.5 Å². The standard InChI is InChI=1S/C19H23NO2/c1-20(2)11-10-15-12-17(21-3)18(22-4)13-16(15)19(20)14-8-6-5-7-9-14/h5-9,12-13,19H,1,10-11H2,2-4H3/t19-,20+/m0/s1. The van der Waals surface area contributed by atoms with Crippen molar-refractivity contribution in [3.05, 3.63) is 66.2 Å². The first-order valence-electron chi connectivity index (χ1n) is 7.56. The fourth-order valence-electron chi connectivity index (χ4n) is 3.42. The molecule has 2 aromatic rings. The highest BCUT2D eigenvalue weighted by atomic mass is 16.5. The average Bonchev–Trinajstić information content (AvgIpc) is 2.53. The van der Waals surface area contributed by atoms with Crippen LogP contribution >= 0.6 is 0 Å². The zero-order chi connectivity index (χ0) is 15.7. The van der Waals surface area contributed by atoms with E-state index in [4.69, 9.17) is 9.47 Å². The third-order valence-electron chi connectivity index (χ3n) is 4.57. The van der Waals surface area contributed by atoms with Crippen LogP contribution < -0.4 is 9.47 Å². The number of hydrogen-bond acceptors (Lipinski definition) is 2. The van der Waals surface area contributed by atoms with Gasteiger partial charge in [-0.1, -0.05) is 30.3 Å². The Hall–Kier alpha value is -2.00. The highest BCUT2D eigenvalue weighted by molar-refractivity contribution is 5.50. The Kier molecular flexibility index (Phi) is 3.83. The molecule has 2 atom stereocenters. The first kappa shape index (κ1) is 14.9. The maximum atomic E-state index is 5.50. The molecule has 0 N–H and O–H groups in total.